The predicted octanol–water partition coefficient (Wildman–Crippen LogP) is 3.71. The molecular weight excluding hydrogens is 274 g/mol. The monoisotopic (exact) mass is 290 g/mol. The van der Waals surface area contributed by atoms with Crippen molar-refractivity contribution in [1.29, 1.82) is 0 Å². The fraction of sp³-hybridized carbons (Fsp3) is 0.188. The van der Waals surface area contributed by atoms with E-state index < -0.39 is 17.7 Å². The topological polar surface area (TPSA) is 41.1 Å². The van der Waals surface area contributed by atoms with E-state index >= 15 is 0 Å². The Bertz CT molecular complexity index is 641. The second kappa shape index (κ2) is 6.35. The summed E-state index contributed by atoms with van der Waals surface area (Å²) in [6, 6.07) is 10.3. The summed E-state index contributed by atoms with van der Waals surface area (Å²) in [6.45, 7) is 3.66. The number of carbonyl (C=O) groups is 1. The Balaban J connectivity index is 1.98. The molecule has 2 aromatic rings. The van der Waals surface area contributed by atoms with Crippen LogP contribution in [0.25, 0.3) is 0 Å². The lowest BCUT2D eigenvalue weighted by Crippen LogP contribution is -2.31. The minimum Gasteiger partial charge on any atom is -0.374 e. The van der Waals surface area contributed by atoms with Crippen molar-refractivity contribution in [2.45, 2.75) is 19.9 Å². The lowest BCUT2D eigenvalue weighted by Gasteiger charge is -2.15. The molecule has 0 aromatic heterocycles. The van der Waals surface area contributed by atoms with Crippen molar-refractivity contribution in [1.82, 2.24) is 0 Å². The Labute approximate surface area is 122 Å². The zero-order valence-electron chi connectivity index (χ0n) is 11.8. The number of benzene rings is 2. The molecule has 0 saturated carbocycles. The minimum absolute atomic E-state index is 0.219. The number of halogens is 2. The molecule has 3 nitrogen and oxygen atoms in total. The largest absolute Gasteiger partial charge is 0.374 e. The van der Waals surface area contributed by atoms with Crippen molar-refractivity contribution in [2.75, 3.05) is 10.6 Å². The minimum atomic E-state index is -0.994. The van der Waals surface area contributed by atoms with Crippen LogP contribution >= 0.6 is 0 Å². The highest BCUT2D eigenvalue weighted by atomic mass is 19.2. The van der Waals surface area contributed by atoms with Gasteiger partial charge < -0.3 is 10.6 Å². The summed E-state index contributed by atoms with van der Waals surface area (Å²) in [7, 11) is 0. The smallest absolute Gasteiger partial charge is 0.246 e. The fourth-order valence-electron chi connectivity index (χ4n) is 1.79. The summed E-state index contributed by atoms with van der Waals surface area (Å²) >= 11 is 0. The SMILES string of the molecule is Cc1ccc(NC(C)C(=O)Nc2ccc(F)c(F)c2)cc1. The van der Waals surface area contributed by atoms with Crippen LogP contribution in [0.2, 0.25) is 0 Å². The second-order valence-electron chi connectivity index (χ2n) is 4.85. The van der Waals surface area contributed by atoms with Gasteiger partial charge in [0.25, 0.3) is 0 Å². The van der Waals surface area contributed by atoms with E-state index in [1.54, 1.807) is 6.92 Å². The van der Waals surface area contributed by atoms with E-state index in [4.69, 9.17) is 0 Å². The maximum atomic E-state index is 13.1. The Kier molecular flexibility index (Phi) is 4.52. The summed E-state index contributed by atoms with van der Waals surface area (Å²) in [6.07, 6.45) is 0. The van der Waals surface area contributed by atoms with Gasteiger partial charge >= 0.3 is 0 Å². The Morgan fingerprint density at radius 3 is 2.24 bits per heavy atom. The summed E-state index contributed by atoms with van der Waals surface area (Å²) in [4.78, 5) is 12.0. The third kappa shape index (κ3) is 4.02. The van der Waals surface area contributed by atoms with Gasteiger partial charge in [0.05, 0.1) is 0 Å². The number of rotatable bonds is 4. The van der Waals surface area contributed by atoms with Gasteiger partial charge in [-0.2, -0.15) is 0 Å². The first-order valence-electron chi connectivity index (χ1n) is 6.55. The molecule has 0 aliphatic rings. The highest BCUT2D eigenvalue weighted by Crippen LogP contribution is 2.14. The first-order valence-corrected chi connectivity index (χ1v) is 6.55. The molecule has 21 heavy (non-hydrogen) atoms. The van der Waals surface area contributed by atoms with Gasteiger partial charge in [0.1, 0.15) is 6.04 Å². The molecule has 0 heterocycles. The molecule has 0 saturated heterocycles. The van der Waals surface area contributed by atoms with Crippen LogP contribution < -0.4 is 10.6 Å². The molecule has 0 bridgehead atoms. The molecule has 0 radical (unpaired) electrons. The van der Waals surface area contributed by atoms with Crippen LogP contribution in [0.4, 0.5) is 20.2 Å². The summed E-state index contributed by atoms with van der Waals surface area (Å²) in [5, 5.41) is 5.57. The lowest BCUT2D eigenvalue weighted by atomic mass is 10.2. The summed E-state index contributed by atoms with van der Waals surface area (Å²) in [5.41, 5.74) is 2.16. The molecule has 0 fully saturated rings. The Morgan fingerprint density at radius 2 is 1.62 bits per heavy atom. The molecule has 1 atom stereocenters. The Morgan fingerprint density at radius 1 is 1.00 bits per heavy atom. The van der Waals surface area contributed by atoms with Crippen molar-refractivity contribution < 1.29 is 13.6 Å². The molecule has 0 aliphatic carbocycles. The quantitative estimate of drug-likeness (QED) is 0.901. The molecule has 2 N–H and O–H groups in total. The zero-order valence-corrected chi connectivity index (χ0v) is 11.8. The van der Waals surface area contributed by atoms with Gasteiger partial charge in [0.2, 0.25) is 5.91 Å². The fourth-order valence-corrected chi connectivity index (χ4v) is 1.79. The Hall–Kier alpha value is -2.43. The maximum Gasteiger partial charge on any atom is 0.246 e. The molecule has 0 aliphatic heterocycles. The lowest BCUT2D eigenvalue weighted by molar-refractivity contribution is -0.116. The average Bonchev–Trinajstić information content (AvgIpc) is 2.45. The number of nitrogens with one attached hydrogen (secondary N) is 2. The standard InChI is InChI=1S/C16H16F2N2O/c1-10-3-5-12(6-4-10)19-11(2)16(21)20-13-7-8-14(17)15(18)9-13/h3-9,11,19H,1-2H3,(H,20,21). The van der Waals surface area contributed by atoms with E-state index in [2.05, 4.69) is 10.6 Å². The van der Waals surface area contributed by atoms with Crippen molar-refractivity contribution in [3.05, 3.63) is 59.7 Å². The number of hydrogen-bond acceptors (Lipinski definition) is 2. The van der Waals surface area contributed by atoms with Crippen LogP contribution in [0.15, 0.2) is 42.5 Å². The van der Waals surface area contributed by atoms with Gasteiger partial charge in [0, 0.05) is 17.4 Å². The molecular formula is C16H16F2N2O. The number of amides is 1. The summed E-state index contributed by atoms with van der Waals surface area (Å²) < 4.78 is 25.9. The van der Waals surface area contributed by atoms with E-state index in [0.717, 1.165) is 23.4 Å². The van der Waals surface area contributed by atoms with Gasteiger partial charge in [-0.25, -0.2) is 8.78 Å². The number of aryl methyl sites for hydroxylation is 1. The van der Waals surface area contributed by atoms with E-state index in [1.165, 1.54) is 6.07 Å². The van der Waals surface area contributed by atoms with Crippen LogP contribution in [0, 0.1) is 18.6 Å². The average molecular weight is 290 g/mol. The van der Waals surface area contributed by atoms with Crippen LogP contribution in [0.1, 0.15) is 12.5 Å². The second-order valence-corrected chi connectivity index (χ2v) is 4.85. The zero-order chi connectivity index (χ0) is 15.4. The molecule has 2 aromatic carbocycles. The molecule has 2 rings (SSSR count). The third-order valence-corrected chi connectivity index (χ3v) is 3.02. The van der Waals surface area contributed by atoms with Crippen molar-refractivity contribution in [3.8, 4) is 0 Å². The van der Waals surface area contributed by atoms with Crippen LogP contribution in [-0.2, 0) is 4.79 Å². The molecule has 1 amide bonds. The van der Waals surface area contributed by atoms with Gasteiger partial charge in [-0.3, -0.25) is 4.79 Å². The number of carbonyl (C=O) groups excluding carboxylic acids is 1. The highest BCUT2D eigenvalue weighted by Gasteiger charge is 2.13. The van der Waals surface area contributed by atoms with Crippen LogP contribution in [0.3, 0.4) is 0 Å². The van der Waals surface area contributed by atoms with E-state index in [1.807, 2.05) is 31.2 Å². The predicted molar refractivity (Wildman–Crippen MR) is 79.3 cm³/mol. The van der Waals surface area contributed by atoms with E-state index in [9.17, 15) is 13.6 Å². The maximum absolute atomic E-state index is 13.1. The first kappa shape index (κ1) is 15.0. The molecule has 1 unspecified atom stereocenters. The molecule has 5 heteroatoms. The normalized spacial score (nSPS) is 11.8. The highest BCUT2D eigenvalue weighted by molar-refractivity contribution is 5.96. The number of anilines is 2. The molecule has 110 valence electrons. The van der Waals surface area contributed by atoms with Crippen LogP contribution in [0.5, 0.6) is 0 Å². The molecule has 0 spiro atoms. The van der Waals surface area contributed by atoms with Gasteiger partial charge in [-0.15, -0.1) is 0 Å². The van der Waals surface area contributed by atoms with Crippen molar-refractivity contribution in [3.63, 3.8) is 0 Å². The van der Waals surface area contributed by atoms with Gasteiger partial charge in [-0.05, 0) is 38.1 Å². The van der Waals surface area contributed by atoms with Gasteiger partial charge in [-0.1, -0.05) is 17.7 Å². The van der Waals surface area contributed by atoms with Crippen molar-refractivity contribution >= 4 is 17.3 Å². The van der Waals surface area contributed by atoms with E-state index in [0.29, 0.717) is 0 Å². The first-order chi connectivity index (χ1) is 9.95. The van der Waals surface area contributed by atoms with Crippen LogP contribution in [-0.4, -0.2) is 11.9 Å². The third-order valence-electron chi connectivity index (χ3n) is 3.02. The van der Waals surface area contributed by atoms with E-state index in [-0.39, 0.29) is 11.6 Å². The van der Waals surface area contributed by atoms with Gasteiger partial charge in [0.15, 0.2) is 11.6 Å². The van der Waals surface area contributed by atoms with Crippen molar-refractivity contribution in [2.24, 2.45) is 0 Å². The number of hydrogen-bond donors (Lipinski definition) is 2. The summed E-state index contributed by atoms with van der Waals surface area (Å²) in [5.74, 6) is -2.27.